The molecule has 3 aliphatic rings. The maximum atomic E-state index is 14.2. The first kappa shape index (κ1) is 32.3. The highest BCUT2D eigenvalue weighted by Gasteiger charge is 2.70. The average Bonchev–Trinajstić information content (AvgIpc) is 3.27. The van der Waals surface area contributed by atoms with Gasteiger partial charge in [-0.1, -0.05) is 64.4 Å². The molecular weight excluding hydrogens is 532 g/mol. The smallest absolute Gasteiger partial charge is 0.412 e. The van der Waals surface area contributed by atoms with E-state index in [1.54, 1.807) is 25.9 Å². The van der Waals surface area contributed by atoms with Crippen molar-refractivity contribution >= 4 is 18.0 Å². The number of esters is 1. The van der Waals surface area contributed by atoms with Gasteiger partial charge in [0.15, 0.2) is 0 Å². The summed E-state index contributed by atoms with van der Waals surface area (Å²) in [7, 11) is 3.39. The zero-order valence-electron chi connectivity index (χ0n) is 26.8. The van der Waals surface area contributed by atoms with Crippen molar-refractivity contribution < 1.29 is 28.6 Å². The Bertz CT molecular complexity index is 1110. The molecule has 0 N–H and O–H groups in total. The van der Waals surface area contributed by atoms with E-state index < -0.39 is 24.3 Å². The van der Waals surface area contributed by atoms with Gasteiger partial charge in [-0.25, -0.2) is 4.79 Å². The second kappa shape index (κ2) is 12.9. The molecule has 3 fully saturated rings. The lowest BCUT2D eigenvalue weighted by molar-refractivity contribution is -0.236. The van der Waals surface area contributed by atoms with E-state index in [9.17, 15) is 14.4 Å². The maximum Gasteiger partial charge on any atom is 0.412 e. The Morgan fingerprint density at radius 1 is 1.02 bits per heavy atom. The first-order valence-corrected chi connectivity index (χ1v) is 15.9. The Kier molecular flexibility index (Phi) is 9.96. The highest BCUT2D eigenvalue weighted by atomic mass is 16.6. The van der Waals surface area contributed by atoms with Crippen molar-refractivity contribution in [3.63, 3.8) is 0 Å². The number of benzene rings is 1. The van der Waals surface area contributed by atoms with Gasteiger partial charge >= 0.3 is 12.1 Å². The van der Waals surface area contributed by atoms with Gasteiger partial charge in [0.05, 0.1) is 18.6 Å². The molecule has 0 unspecified atom stereocenters. The number of likely N-dealkylation sites (N-methyl/N-ethyl adjacent to an activating group) is 1. The fourth-order valence-electron chi connectivity index (χ4n) is 8.28. The van der Waals surface area contributed by atoms with Crippen LogP contribution < -0.4 is 0 Å². The van der Waals surface area contributed by atoms with Crippen molar-refractivity contribution in [1.29, 1.82) is 0 Å². The summed E-state index contributed by atoms with van der Waals surface area (Å²) in [6.45, 7) is 11.2. The van der Waals surface area contributed by atoms with Crippen molar-refractivity contribution in [2.24, 2.45) is 22.7 Å². The molecule has 2 aliphatic carbocycles. The molecule has 6 atom stereocenters. The predicted octanol–water partition coefficient (Wildman–Crippen LogP) is 6.56. The molecule has 2 amide bonds. The van der Waals surface area contributed by atoms with E-state index in [1.165, 1.54) is 11.3 Å². The van der Waals surface area contributed by atoms with Crippen LogP contribution in [0, 0.1) is 22.7 Å². The quantitative estimate of drug-likeness (QED) is 0.274. The van der Waals surface area contributed by atoms with E-state index in [0.29, 0.717) is 18.8 Å². The van der Waals surface area contributed by atoms with E-state index in [0.717, 1.165) is 37.7 Å². The normalized spacial score (nSPS) is 29.1. The lowest BCUT2D eigenvalue weighted by Crippen LogP contribution is -2.62. The van der Waals surface area contributed by atoms with Crippen molar-refractivity contribution in [2.45, 2.75) is 117 Å². The third-order valence-electron chi connectivity index (χ3n) is 11.0. The minimum Gasteiger partial charge on any atom is -0.466 e. The molecule has 234 valence electrons. The van der Waals surface area contributed by atoms with E-state index in [2.05, 4.69) is 20.8 Å². The topological polar surface area (TPSA) is 85.4 Å². The van der Waals surface area contributed by atoms with Crippen molar-refractivity contribution in [1.82, 2.24) is 9.80 Å². The average molecular weight is 585 g/mol. The fourth-order valence-corrected chi connectivity index (χ4v) is 8.28. The monoisotopic (exact) mass is 584 g/mol. The number of nitrogens with zero attached hydrogens (tertiary/aromatic N) is 2. The summed E-state index contributed by atoms with van der Waals surface area (Å²) in [5.41, 5.74) is 0.591. The number of ether oxygens (including phenoxy) is 3. The summed E-state index contributed by atoms with van der Waals surface area (Å²) >= 11 is 0. The van der Waals surface area contributed by atoms with Crippen LogP contribution in [0.4, 0.5) is 4.79 Å². The van der Waals surface area contributed by atoms with Crippen molar-refractivity contribution in [2.75, 3.05) is 20.7 Å². The van der Waals surface area contributed by atoms with E-state index >= 15 is 0 Å². The molecule has 1 saturated heterocycles. The lowest BCUT2D eigenvalue weighted by Gasteiger charge is -2.54. The summed E-state index contributed by atoms with van der Waals surface area (Å²) in [5, 5.41) is 0. The molecule has 1 aliphatic heterocycles. The Labute approximate surface area is 252 Å². The highest BCUT2D eigenvalue weighted by molar-refractivity contribution is 5.86. The van der Waals surface area contributed by atoms with Gasteiger partial charge in [-0.05, 0) is 74.7 Å². The molecule has 1 aromatic carbocycles. The van der Waals surface area contributed by atoms with Crippen molar-refractivity contribution in [3.8, 4) is 0 Å². The zero-order valence-corrected chi connectivity index (χ0v) is 26.8. The molecule has 1 heterocycles. The molecule has 8 nitrogen and oxygen atoms in total. The highest BCUT2D eigenvalue weighted by Crippen LogP contribution is 2.72. The summed E-state index contributed by atoms with van der Waals surface area (Å²) in [5.74, 6) is -0.483. The van der Waals surface area contributed by atoms with Crippen LogP contribution in [-0.2, 0) is 30.4 Å². The fraction of sp³-hybridized carbons (Fsp3) is 0.735. The molecule has 0 aromatic heterocycles. The lowest BCUT2D eigenvalue weighted by atomic mass is 9.62. The summed E-state index contributed by atoms with van der Waals surface area (Å²) in [4.78, 5) is 44.1. The SMILES string of the molecule is CCC[C@@H](CC(=O)OCC)[C@H](C(=O)N(C)C)N(C(=O)OCc1ccccc1)[C@H]1CCC[C@]2(C[C@H]3CC[C@]2(C)C3(C)C)O1. The summed E-state index contributed by atoms with van der Waals surface area (Å²) in [6.07, 6.45) is 5.85. The zero-order chi connectivity index (χ0) is 30.7. The van der Waals surface area contributed by atoms with Gasteiger partial charge in [-0.3, -0.25) is 14.5 Å². The largest absolute Gasteiger partial charge is 0.466 e. The second-order valence-electron chi connectivity index (χ2n) is 13.6. The summed E-state index contributed by atoms with van der Waals surface area (Å²) in [6, 6.07) is 8.62. The van der Waals surface area contributed by atoms with Gasteiger partial charge in [0.1, 0.15) is 18.9 Å². The van der Waals surface area contributed by atoms with Crippen LogP contribution in [0.25, 0.3) is 0 Å². The second-order valence-corrected chi connectivity index (χ2v) is 13.6. The summed E-state index contributed by atoms with van der Waals surface area (Å²) < 4.78 is 18.4. The molecule has 42 heavy (non-hydrogen) atoms. The third-order valence-corrected chi connectivity index (χ3v) is 11.0. The minimum absolute atomic E-state index is 0.0300. The van der Waals surface area contributed by atoms with E-state index in [4.69, 9.17) is 14.2 Å². The number of carbonyl (C=O) groups is 3. The van der Waals surface area contributed by atoms with Crippen LogP contribution in [0.3, 0.4) is 0 Å². The number of hydrogen-bond donors (Lipinski definition) is 0. The van der Waals surface area contributed by atoms with Gasteiger partial charge in [-0.2, -0.15) is 0 Å². The molecule has 4 rings (SSSR count). The molecule has 1 spiro atoms. The molecule has 1 aromatic rings. The van der Waals surface area contributed by atoms with Crippen LogP contribution in [-0.4, -0.2) is 66.3 Å². The first-order chi connectivity index (χ1) is 19.9. The van der Waals surface area contributed by atoms with Crippen LogP contribution in [0.5, 0.6) is 0 Å². The number of amides is 2. The molecule has 0 radical (unpaired) electrons. The van der Waals surface area contributed by atoms with E-state index in [1.807, 2.05) is 37.3 Å². The van der Waals surface area contributed by atoms with Crippen LogP contribution in [0.15, 0.2) is 30.3 Å². The Balaban J connectivity index is 1.73. The number of fused-ring (bicyclic) bond motifs is 3. The van der Waals surface area contributed by atoms with Gasteiger partial charge < -0.3 is 19.1 Å². The van der Waals surface area contributed by atoms with E-state index in [-0.39, 0.29) is 47.9 Å². The molecule has 8 heteroatoms. The Hall–Kier alpha value is -2.61. The number of carbonyl (C=O) groups excluding carboxylic acids is 3. The van der Waals surface area contributed by atoms with Crippen LogP contribution in [0.1, 0.15) is 98.0 Å². The van der Waals surface area contributed by atoms with Crippen LogP contribution >= 0.6 is 0 Å². The van der Waals surface area contributed by atoms with Crippen LogP contribution in [0.2, 0.25) is 0 Å². The van der Waals surface area contributed by atoms with Gasteiger partial charge in [0.25, 0.3) is 0 Å². The first-order valence-electron chi connectivity index (χ1n) is 15.9. The van der Waals surface area contributed by atoms with Gasteiger partial charge in [-0.15, -0.1) is 0 Å². The molecular formula is C34H52N2O6. The number of rotatable bonds is 11. The van der Waals surface area contributed by atoms with Gasteiger partial charge in [0.2, 0.25) is 5.91 Å². The predicted molar refractivity (Wildman–Crippen MR) is 161 cm³/mol. The Morgan fingerprint density at radius 2 is 1.74 bits per heavy atom. The maximum absolute atomic E-state index is 14.2. The van der Waals surface area contributed by atoms with Crippen molar-refractivity contribution in [3.05, 3.63) is 35.9 Å². The number of hydrogen-bond acceptors (Lipinski definition) is 6. The minimum atomic E-state index is -0.924. The molecule has 2 bridgehead atoms. The Morgan fingerprint density at radius 3 is 2.31 bits per heavy atom. The van der Waals surface area contributed by atoms with Gasteiger partial charge in [0, 0.05) is 19.5 Å². The standard InChI is InChI=1S/C34H52N2O6/c1-8-14-25(21-28(37)40-9-2)29(30(38)35(6)7)36(31(39)41-23-24-15-11-10-12-16-24)27-17-13-19-34(42-27)22-26-18-20-33(34,5)32(26,3)4/h10-12,15-16,25-27,29H,8-9,13-14,17-23H2,1-7H3/t25-,26+,27+,29+,33+,34+/m0/s1. The molecule has 2 saturated carbocycles. The third kappa shape index (κ3) is 5.93.